The Hall–Kier alpha value is -0.860. The maximum Gasteiger partial charge on any atom is 0.371 e. The Bertz CT molecular complexity index is 575. The molecule has 8 heteroatoms. The summed E-state index contributed by atoms with van der Waals surface area (Å²) in [7, 11) is -2.21. The van der Waals surface area contributed by atoms with Gasteiger partial charge in [0.15, 0.2) is 4.67 Å². The number of carbonyl (C=O) groups is 1. The van der Waals surface area contributed by atoms with Crippen LogP contribution < -0.4 is 0 Å². The summed E-state index contributed by atoms with van der Waals surface area (Å²) in [4.78, 5) is 10.6. The third kappa shape index (κ3) is 2.19. The van der Waals surface area contributed by atoms with Gasteiger partial charge in [0.1, 0.15) is 4.90 Å². The van der Waals surface area contributed by atoms with Gasteiger partial charge in [-0.25, -0.2) is 13.2 Å². The first-order chi connectivity index (χ1) is 8.34. The highest BCUT2D eigenvalue weighted by Crippen LogP contribution is 2.33. The number of carboxylic acids is 1. The van der Waals surface area contributed by atoms with Gasteiger partial charge in [-0.15, -0.1) is 0 Å². The lowest BCUT2D eigenvalue weighted by atomic mass is 9.94. The average molecular weight is 338 g/mol. The van der Waals surface area contributed by atoms with E-state index in [9.17, 15) is 13.2 Å². The Kier molecular flexibility index (Phi) is 3.52. The number of rotatable bonds is 4. The lowest BCUT2D eigenvalue weighted by Crippen LogP contribution is -2.41. The van der Waals surface area contributed by atoms with Crippen LogP contribution in [0.2, 0.25) is 0 Å². The van der Waals surface area contributed by atoms with E-state index in [1.165, 1.54) is 11.4 Å². The van der Waals surface area contributed by atoms with Crippen LogP contribution in [0.3, 0.4) is 0 Å². The summed E-state index contributed by atoms with van der Waals surface area (Å²) in [5.74, 6) is -1.70. The molecule has 1 saturated carbocycles. The largest absolute Gasteiger partial charge is 0.475 e. The van der Waals surface area contributed by atoms with Crippen LogP contribution in [0.1, 0.15) is 29.8 Å². The summed E-state index contributed by atoms with van der Waals surface area (Å²) in [6.45, 7) is 0. The molecule has 0 amide bonds. The van der Waals surface area contributed by atoms with Gasteiger partial charge < -0.3 is 9.52 Å². The van der Waals surface area contributed by atoms with E-state index in [1.807, 2.05) is 0 Å². The summed E-state index contributed by atoms with van der Waals surface area (Å²) in [5.41, 5.74) is 0. The molecule has 0 atom stereocenters. The first-order valence-electron chi connectivity index (χ1n) is 5.34. The van der Waals surface area contributed by atoms with Crippen molar-refractivity contribution in [2.24, 2.45) is 0 Å². The molecule has 1 aromatic rings. The quantitative estimate of drug-likeness (QED) is 0.906. The molecule has 1 aliphatic carbocycles. The molecule has 1 aliphatic rings. The predicted octanol–water partition coefficient (Wildman–Crippen LogP) is 1.91. The minimum atomic E-state index is -3.71. The molecule has 0 radical (unpaired) electrons. The van der Waals surface area contributed by atoms with E-state index in [1.54, 1.807) is 0 Å². The Labute approximate surface area is 113 Å². The van der Waals surface area contributed by atoms with Crippen molar-refractivity contribution in [2.75, 3.05) is 7.05 Å². The fourth-order valence-corrected chi connectivity index (χ4v) is 4.05. The van der Waals surface area contributed by atoms with Gasteiger partial charge in [-0.3, -0.25) is 0 Å². The fraction of sp³-hybridized carbons (Fsp3) is 0.500. The highest BCUT2D eigenvalue weighted by Gasteiger charge is 2.35. The second kappa shape index (κ2) is 4.67. The third-order valence-electron chi connectivity index (χ3n) is 3.11. The summed E-state index contributed by atoms with van der Waals surface area (Å²) < 4.78 is 30.6. The molecular weight excluding hydrogens is 326 g/mol. The van der Waals surface area contributed by atoms with Crippen molar-refractivity contribution in [1.29, 1.82) is 0 Å². The Morgan fingerprint density at radius 1 is 1.56 bits per heavy atom. The Morgan fingerprint density at radius 3 is 2.56 bits per heavy atom. The third-order valence-corrected chi connectivity index (χ3v) is 5.88. The van der Waals surface area contributed by atoms with Crippen molar-refractivity contribution >= 4 is 31.9 Å². The Morgan fingerprint density at radius 2 is 2.17 bits per heavy atom. The summed E-state index contributed by atoms with van der Waals surface area (Å²) in [6, 6.07) is 1.02. The van der Waals surface area contributed by atoms with Gasteiger partial charge in [0.2, 0.25) is 15.8 Å². The van der Waals surface area contributed by atoms with Crippen LogP contribution in [0, 0.1) is 0 Å². The number of halogens is 1. The number of nitrogens with zero attached hydrogens (tertiary/aromatic N) is 1. The molecule has 0 unspecified atom stereocenters. The maximum atomic E-state index is 12.3. The highest BCUT2D eigenvalue weighted by molar-refractivity contribution is 9.10. The van der Waals surface area contributed by atoms with E-state index in [2.05, 4.69) is 15.9 Å². The molecule has 6 nitrogen and oxygen atoms in total. The SMILES string of the molecule is CN(C1CCC1)S(=O)(=O)c1cc(C(=O)O)oc1Br. The second-order valence-electron chi connectivity index (χ2n) is 4.16. The first kappa shape index (κ1) is 13.6. The van der Waals surface area contributed by atoms with Gasteiger partial charge >= 0.3 is 5.97 Å². The number of aromatic carboxylic acids is 1. The van der Waals surface area contributed by atoms with Crippen LogP contribution >= 0.6 is 15.9 Å². The van der Waals surface area contributed by atoms with Crippen molar-refractivity contribution in [1.82, 2.24) is 4.31 Å². The molecule has 1 fully saturated rings. The molecule has 2 rings (SSSR count). The van der Waals surface area contributed by atoms with E-state index in [-0.39, 0.29) is 15.6 Å². The topological polar surface area (TPSA) is 87.8 Å². The maximum absolute atomic E-state index is 12.3. The summed E-state index contributed by atoms with van der Waals surface area (Å²) in [5, 5.41) is 8.77. The van der Waals surface area contributed by atoms with Crippen molar-refractivity contribution < 1.29 is 22.7 Å². The van der Waals surface area contributed by atoms with E-state index in [4.69, 9.17) is 9.52 Å². The number of carboxylic acid groups (broad SMARTS) is 1. The molecule has 0 bridgehead atoms. The van der Waals surface area contributed by atoms with Crippen molar-refractivity contribution in [3.8, 4) is 0 Å². The minimum absolute atomic E-state index is 0.00919. The van der Waals surface area contributed by atoms with Crippen molar-refractivity contribution in [3.05, 3.63) is 16.5 Å². The highest BCUT2D eigenvalue weighted by atomic mass is 79.9. The van der Waals surface area contributed by atoms with Crippen LogP contribution in [0.4, 0.5) is 0 Å². The molecule has 1 N–H and O–H groups in total. The molecule has 1 aromatic heterocycles. The summed E-state index contributed by atoms with van der Waals surface area (Å²) >= 11 is 2.94. The van der Waals surface area contributed by atoms with Crippen molar-refractivity contribution in [3.63, 3.8) is 0 Å². The van der Waals surface area contributed by atoms with Crippen LogP contribution in [-0.2, 0) is 10.0 Å². The number of hydrogen-bond donors (Lipinski definition) is 1. The lowest BCUT2D eigenvalue weighted by Gasteiger charge is -2.33. The van der Waals surface area contributed by atoms with Crippen molar-refractivity contribution in [2.45, 2.75) is 30.2 Å². The number of sulfonamides is 1. The zero-order valence-electron chi connectivity index (χ0n) is 9.59. The van der Waals surface area contributed by atoms with Gasteiger partial charge in [0, 0.05) is 19.2 Å². The average Bonchev–Trinajstić information content (AvgIpc) is 2.58. The molecule has 18 heavy (non-hydrogen) atoms. The zero-order chi connectivity index (χ0) is 13.5. The predicted molar refractivity (Wildman–Crippen MR) is 66.0 cm³/mol. The molecule has 1 heterocycles. The summed E-state index contributed by atoms with van der Waals surface area (Å²) in [6.07, 6.45) is 2.67. The van der Waals surface area contributed by atoms with Crippen LogP contribution in [0.25, 0.3) is 0 Å². The normalized spacial score (nSPS) is 16.8. The number of furan rings is 1. The van der Waals surface area contributed by atoms with Gasteiger partial charge in [0.25, 0.3) is 0 Å². The van der Waals surface area contributed by atoms with E-state index in [0.29, 0.717) is 0 Å². The van der Waals surface area contributed by atoms with E-state index >= 15 is 0 Å². The molecular formula is C10H12BrNO5S. The lowest BCUT2D eigenvalue weighted by molar-refractivity contribution is 0.0661. The monoisotopic (exact) mass is 337 g/mol. The van der Waals surface area contributed by atoms with Gasteiger partial charge in [-0.1, -0.05) is 6.42 Å². The van der Waals surface area contributed by atoms with E-state index in [0.717, 1.165) is 25.3 Å². The molecule has 0 saturated heterocycles. The van der Waals surface area contributed by atoms with E-state index < -0.39 is 21.8 Å². The molecule has 0 aliphatic heterocycles. The molecule has 100 valence electrons. The molecule has 0 spiro atoms. The van der Waals surface area contributed by atoms with Crippen LogP contribution in [0.5, 0.6) is 0 Å². The van der Waals surface area contributed by atoms with Gasteiger partial charge in [-0.2, -0.15) is 4.31 Å². The van der Waals surface area contributed by atoms with Gasteiger partial charge in [0.05, 0.1) is 0 Å². The first-order valence-corrected chi connectivity index (χ1v) is 7.58. The molecule has 0 aromatic carbocycles. The van der Waals surface area contributed by atoms with Gasteiger partial charge in [-0.05, 0) is 28.8 Å². The zero-order valence-corrected chi connectivity index (χ0v) is 12.0. The fourth-order valence-electron chi connectivity index (χ4n) is 1.74. The standard InChI is InChI=1S/C10H12BrNO5S/c1-12(6-3-2-4-6)18(15,16)8-5-7(10(13)14)17-9(8)11/h5-6H,2-4H2,1H3,(H,13,14). The smallest absolute Gasteiger partial charge is 0.371 e. The number of hydrogen-bond acceptors (Lipinski definition) is 4. The Balaban J connectivity index is 2.37. The minimum Gasteiger partial charge on any atom is -0.475 e. The van der Waals surface area contributed by atoms with Crippen LogP contribution in [0.15, 0.2) is 20.0 Å². The second-order valence-corrected chi connectivity index (χ2v) is 6.85. The van der Waals surface area contributed by atoms with Crippen LogP contribution in [-0.4, -0.2) is 36.9 Å².